The highest BCUT2D eigenvalue weighted by Crippen LogP contribution is 2.37. The third kappa shape index (κ3) is 3.04. The Hall–Kier alpha value is -1.01. The van der Waals surface area contributed by atoms with E-state index in [0.717, 1.165) is 23.8 Å². The Labute approximate surface area is 136 Å². The standard InChI is InChI=1S/C16H22N2O2S2/c1-4-7-18(13-6-5-11(2)12(3)8-13)16-17-14-9-22(19,20)10-15(14)21-16/h5-6,8,14-15H,4,7,9-10H2,1-3H3/t14-,15+/m1/s1. The predicted molar refractivity (Wildman–Crippen MR) is 94.8 cm³/mol. The molecule has 0 aliphatic carbocycles. The highest BCUT2D eigenvalue weighted by atomic mass is 32.2. The van der Waals surface area contributed by atoms with Crippen LogP contribution in [0, 0.1) is 13.8 Å². The first-order valence-corrected chi connectivity index (χ1v) is 10.4. The molecule has 0 saturated carbocycles. The molecule has 0 bridgehead atoms. The Morgan fingerprint density at radius 2 is 2.05 bits per heavy atom. The number of hydrogen-bond donors (Lipinski definition) is 0. The van der Waals surface area contributed by atoms with Gasteiger partial charge >= 0.3 is 0 Å². The lowest BCUT2D eigenvalue weighted by atomic mass is 10.1. The number of sulfone groups is 1. The van der Waals surface area contributed by atoms with Crippen molar-refractivity contribution >= 4 is 32.5 Å². The molecular formula is C16H22N2O2S2. The third-order valence-electron chi connectivity index (χ3n) is 4.29. The summed E-state index contributed by atoms with van der Waals surface area (Å²) in [7, 11) is -2.89. The van der Waals surface area contributed by atoms with Gasteiger partial charge in [0.1, 0.15) is 0 Å². The van der Waals surface area contributed by atoms with Gasteiger partial charge in [-0.2, -0.15) is 0 Å². The summed E-state index contributed by atoms with van der Waals surface area (Å²) >= 11 is 1.63. The van der Waals surface area contributed by atoms with Crippen LogP contribution in [0.4, 0.5) is 5.69 Å². The number of anilines is 1. The molecule has 2 atom stereocenters. The molecule has 1 aromatic carbocycles. The zero-order chi connectivity index (χ0) is 15.9. The van der Waals surface area contributed by atoms with E-state index in [2.05, 4.69) is 43.9 Å². The topological polar surface area (TPSA) is 49.7 Å². The van der Waals surface area contributed by atoms with E-state index in [4.69, 9.17) is 4.99 Å². The number of nitrogens with zero attached hydrogens (tertiary/aromatic N) is 2. The molecule has 1 fully saturated rings. The third-order valence-corrected chi connectivity index (χ3v) is 7.53. The summed E-state index contributed by atoms with van der Waals surface area (Å²) in [5.74, 6) is 0.475. The lowest BCUT2D eigenvalue weighted by Gasteiger charge is -2.24. The molecule has 4 nitrogen and oxygen atoms in total. The molecule has 22 heavy (non-hydrogen) atoms. The molecule has 2 aliphatic rings. The normalized spacial score (nSPS) is 25.9. The molecular weight excluding hydrogens is 316 g/mol. The van der Waals surface area contributed by atoms with Crippen LogP contribution in [0.2, 0.25) is 0 Å². The van der Waals surface area contributed by atoms with Gasteiger partial charge in [-0.1, -0.05) is 24.8 Å². The number of aryl methyl sites for hydroxylation is 2. The minimum Gasteiger partial charge on any atom is -0.321 e. The number of fused-ring (bicyclic) bond motifs is 1. The van der Waals surface area contributed by atoms with E-state index in [1.807, 2.05) is 0 Å². The Morgan fingerprint density at radius 1 is 1.27 bits per heavy atom. The maximum atomic E-state index is 11.7. The van der Waals surface area contributed by atoms with Crippen molar-refractivity contribution < 1.29 is 8.42 Å². The molecule has 6 heteroatoms. The lowest BCUT2D eigenvalue weighted by molar-refractivity contribution is 0.601. The first kappa shape index (κ1) is 15.9. The molecule has 1 aromatic rings. The van der Waals surface area contributed by atoms with Crippen LogP contribution in [0.25, 0.3) is 0 Å². The Bertz CT molecular complexity index is 713. The number of hydrogen-bond acceptors (Lipinski definition) is 5. The monoisotopic (exact) mass is 338 g/mol. The highest BCUT2D eigenvalue weighted by Gasteiger charge is 2.43. The summed E-state index contributed by atoms with van der Waals surface area (Å²) in [5.41, 5.74) is 3.70. The van der Waals surface area contributed by atoms with Crippen LogP contribution in [-0.2, 0) is 9.84 Å². The second kappa shape index (κ2) is 5.89. The van der Waals surface area contributed by atoms with Gasteiger partial charge < -0.3 is 4.90 Å². The van der Waals surface area contributed by atoms with Crippen LogP contribution in [0.3, 0.4) is 0 Å². The van der Waals surface area contributed by atoms with Gasteiger partial charge in [0.2, 0.25) is 0 Å². The molecule has 120 valence electrons. The Morgan fingerprint density at radius 3 is 2.68 bits per heavy atom. The average Bonchev–Trinajstić information content (AvgIpc) is 2.92. The lowest BCUT2D eigenvalue weighted by Crippen LogP contribution is -2.29. The van der Waals surface area contributed by atoms with E-state index in [1.54, 1.807) is 11.8 Å². The van der Waals surface area contributed by atoms with E-state index >= 15 is 0 Å². The summed E-state index contributed by atoms with van der Waals surface area (Å²) in [5, 5.41) is 1.08. The minimum absolute atomic E-state index is 0.0594. The number of rotatable bonds is 3. The van der Waals surface area contributed by atoms with Crippen molar-refractivity contribution in [3.63, 3.8) is 0 Å². The number of thioether (sulfide) groups is 1. The van der Waals surface area contributed by atoms with Crippen molar-refractivity contribution in [1.29, 1.82) is 0 Å². The summed E-state index contributed by atoms with van der Waals surface area (Å²) in [4.78, 5) is 6.96. The molecule has 0 aromatic heterocycles. The van der Waals surface area contributed by atoms with Gasteiger partial charge in [0, 0.05) is 17.5 Å². The SMILES string of the molecule is CCCN(C1=N[C@@H]2CS(=O)(=O)C[C@@H]2S1)c1ccc(C)c(C)c1. The summed E-state index contributed by atoms with van der Waals surface area (Å²) in [6.45, 7) is 7.29. The fraction of sp³-hybridized carbons (Fsp3) is 0.562. The molecule has 2 aliphatic heterocycles. The van der Waals surface area contributed by atoms with Crippen molar-refractivity contribution in [2.75, 3.05) is 23.0 Å². The quantitative estimate of drug-likeness (QED) is 0.850. The van der Waals surface area contributed by atoms with Gasteiger partial charge in [-0.15, -0.1) is 0 Å². The maximum Gasteiger partial charge on any atom is 0.164 e. The Balaban J connectivity index is 1.88. The van der Waals surface area contributed by atoms with Crippen molar-refractivity contribution in [3.8, 4) is 0 Å². The minimum atomic E-state index is -2.89. The zero-order valence-corrected chi connectivity index (χ0v) is 14.9. The largest absolute Gasteiger partial charge is 0.321 e. The molecule has 0 unspecified atom stereocenters. The molecule has 0 N–H and O–H groups in total. The van der Waals surface area contributed by atoms with Gasteiger partial charge in [-0.25, -0.2) is 8.42 Å². The van der Waals surface area contributed by atoms with E-state index < -0.39 is 9.84 Å². The summed E-state index contributed by atoms with van der Waals surface area (Å²) in [6, 6.07) is 6.40. The van der Waals surface area contributed by atoms with Crippen LogP contribution in [0.1, 0.15) is 24.5 Å². The second-order valence-electron chi connectivity index (χ2n) is 6.13. The molecule has 0 radical (unpaired) electrons. The van der Waals surface area contributed by atoms with Gasteiger partial charge in [-0.05, 0) is 43.5 Å². The van der Waals surface area contributed by atoms with E-state index in [1.165, 1.54) is 11.1 Å². The summed E-state index contributed by atoms with van der Waals surface area (Å²) in [6.07, 6.45) is 1.03. The highest BCUT2D eigenvalue weighted by molar-refractivity contribution is 8.15. The van der Waals surface area contributed by atoms with Crippen molar-refractivity contribution in [3.05, 3.63) is 29.3 Å². The number of aliphatic imine (C=N–C) groups is 1. The van der Waals surface area contributed by atoms with E-state index in [-0.39, 0.29) is 22.8 Å². The second-order valence-corrected chi connectivity index (χ2v) is 9.49. The average molecular weight is 338 g/mol. The maximum absolute atomic E-state index is 11.7. The Kier molecular flexibility index (Phi) is 4.25. The predicted octanol–water partition coefficient (Wildman–Crippen LogP) is 2.79. The van der Waals surface area contributed by atoms with Gasteiger partial charge in [0.05, 0.1) is 17.5 Å². The fourth-order valence-corrected chi connectivity index (χ4v) is 6.73. The first-order chi connectivity index (χ1) is 10.4. The van der Waals surface area contributed by atoms with Crippen LogP contribution in [0.5, 0.6) is 0 Å². The van der Waals surface area contributed by atoms with Gasteiger partial charge in [0.25, 0.3) is 0 Å². The molecule has 0 amide bonds. The van der Waals surface area contributed by atoms with Gasteiger partial charge in [0.15, 0.2) is 15.0 Å². The van der Waals surface area contributed by atoms with Crippen LogP contribution in [-0.4, -0.2) is 42.9 Å². The summed E-state index contributed by atoms with van der Waals surface area (Å²) < 4.78 is 23.4. The van der Waals surface area contributed by atoms with Crippen molar-refractivity contribution in [1.82, 2.24) is 0 Å². The smallest absolute Gasteiger partial charge is 0.164 e. The van der Waals surface area contributed by atoms with Crippen LogP contribution >= 0.6 is 11.8 Å². The fourth-order valence-electron chi connectivity index (χ4n) is 2.92. The van der Waals surface area contributed by atoms with E-state index in [9.17, 15) is 8.42 Å². The van der Waals surface area contributed by atoms with Crippen molar-refractivity contribution in [2.45, 2.75) is 38.5 Å². The van der Waals surface area contributed by atoms with Gasteiger partial charge in [-0.3, -0.25) is 4.99 Å². The molecule has 0 spiro atoms. The number of amidine groups is 1. The first-order valence-electron chi connectivity index (χ1n) is 7.69. The van der Waals surface area contributed by atoms with Crippen LogP contribution < -0.4 is 4.90 Å². The molecule has 1 saturated heterocycles. The number of benzene rings is 1. The zero-order valence-electron chi connectivity index (χ0n) is 13.2. The van der Waals surface area contributed by atoms with Crippen molar-refractivity contribution in [2.24, 2.45) is 4.99 Å². The molecule has 2 heterocycles. The van der Waals surface area contributed by atoms with Crippen LogP contribution in [0.15, 0.2) is 23.2 Å². The van der Waals surface area contributed by atoms with E-state index in [0.29, 0.717) is 0 Å². The molecule has 3 rings (SSSR count).